The topological polar surface area (TPSA) is 76.7 Å². The molecule has 0 spiro atoms. The minimum atomic E-state index is -0.424. The van der Waals surface area contributed by atoms with Crippen molar-refractivity contribution in [3.8, 4) is 11.5 Å². The molecule has 6 nitrogen and oxygen atoms in total. The highest BCUT2D eigenvalue weighted by Gasteiger charge is 2.18. The average Bonchev–Trinajstić information content (AvgIpc) is 3.31. The predicted octanol–water partition coefficient (Wildman–Crippen LogP) is 4.72. The molecule has 0 fully saturated rings. The van der Waals surface area contributed by atoms with Crippen molar-refractivity contribution < 1.29 is 19.1 Å². The molecule has 166 valence electrons. The largest absolute Gasteiger partial charge is 0.493 e. The average molecular weight is 451 g/mol. The summed E-state index contributed by atoms with van der Waals surface area (Å²) in [6, 6.07) is 16.3. The van der Waals surface area contributed by atoms with Crippen molar-refractivity contribution in [2.45, 2.75) is 19.9 Å². The molecule has 1 atom stereocenters. The molecule has 2 aromatic carbocycles. The molecule has 2 amide bonds. The van der Waals surface area contributed by atoms with Gasteiger partial charge in [0.15, 0.2) is 11.5 Å². The van der Waals surface area contributed by atoms with Crippen molar-refractivity contribution in [1.82, 2.24) is 10.6 Å². The van der Waals surface area contributed by atoms with E-state index in [1.54, 1.807) is 24.3 Å². The second kappa shape index (κ2) is 10.6. The van der Waals surface area contributed by atoms with Gasteiger partial charge in [-0.25, -0.2) is 0 Å². The van der Waals surface area contributed by atoms with E-state index >= 15 is 0 Å². The molecule has 0 saturated heterocycles. The highest BCUT2D eigenvalue weighted by Crippen LogP contribution is 2.27. The summed E-state index contributed by atoms with van der Waals surface area (Å²) in [5, 5.41) is 7.62. The van der Waals surface area contributed by atoms with Crippen LogP contribution in [0.2, 0.25) is 0 Å². The molecule has 0 aliphatic rings. The van der Waals surface area contributed by atoms with Gasteiger partial charge in [-0.1, -0.05) is 35.9 Å². The fourth-order valence-electron chi connectivity index (χ4n) is 3.06. The monoisotopic (exact) mass is 450 g/mol. The van der Waals surface area contributed by atoms with Crippen molar-refractivity contribution >= 4 is 29.2 Å². The van der Waals surface area contributed by atoms with Crippen molar-refractivity contribution in [3.63, 3.8) is 0 Å². The quantitative estimate of drug-likeness (QED) is 0.487. The fourth-order valence-corrected chi connectivity index (χ4v) is 3.72. The van der Waals surface area contributed by atoms with Gasteiger partial charge >= 0.3 is 0 Å². The number of ether oxygens (including phenoxy) is 2. The Hall–Kier alpha value is -3.58. The van der Waals surface area contributed by atoms with Crippen LogP contribution >= 0.6 is 11.3 Å². The maximum atomic E-state index is 13.1. The minimum Gasteiger partial charge on any atom is -0.493 e. The van der Waals surface area contributed by atoms with Gasteiger partial charge in [-0.15, -0.1) is 11.3 Å². The van der Waals surface area contributed by atoms with Crippen LogP contribution in [0.15, 0.2) is 65.7 Å². The molecule has 7 heteroatoms. The Morgan fingerprint density at radius 2 is 1.72 bits per heavy atom. The second-order valence-corrected chi connectivity index (χ2v) is 8.18. The van der Waals surface area contributed by atoms with E-state index in [4.69, 9.17) is 9.47 Å². The highest BCUT2D eigenvalue weighted by molar-refractivity contribution is 7.10. The molecule has 32 heavy (non-hydrogen) atoms. The maximum Gasteiger partial charge on any atom is 0.268 e. The summed E-state index contributed by atoms with van der Waals surface area (Å²) in [4.78, 5) is 26.9. The smallest absolute Gasteiger partial charge is 0.268 e. The number of nitrogens with one attached hydrogen (secondary N) is 2. The molecule has 0 radical (unpaired) electrons. The summed E-state index contributed by atoms with van der Waals surface area (Å²) in [5.41, 5.74) is 2.63. The number of benzene rings is 2. The van der Waals surface area contributed by atoms with Gasteiger partial charge in [-0.05, 0) is 55.1 Å². The van der Waals surface area contributed by atoms with E-state index in [-0.39, 0.29) is 17.6 Å². The van der Waals surface area contributed by atoms with Gasteiger partial charge in [-0.2, -0.15) is 0 Å². The first kappa shape index (κ1) is 23.1. The van der Waals surface area contributed by atoms with E-state index in [0.717, 1.165) is 16.0 Å². The first-order chi connectivity index (χ1) is 15.4. The first-order valence-electron chi connectivity index (χ1n) is 10.1. The number of methoxy groups -OCH3 is 2. The van der Waals surface area contributed by atoms with Crippen molar-refractivity contribution in [3.05, 3.63) is 87.2 Å². The molecule has 3 aromatic rings. The van der Waals surface area contributed by atoms with Crippen LogP contribution in [0.25, 0.3) is 6.08 Å². The van der Waals surface area contributed by atoms with Crippen LogP contribution in [0.3, 0.4) is 0 Å². The number of carbonyl (C=O) groups excluding carboxylic acids is 2. The summed E-state index contributed by atoms with van der Waals surface area (Å²) >= 11 is 1.48. The van der Waals surface area contributed by atoms with Crippen LogP contribution in [-0.4, -0.2) is 26.0 Å². The molecular weight excluding hydrogens is 424 g/mol. The van der Waals surface area contributed by atoms with E-state index in [2.05, 4.69) is 10.6 Å². The van der Waals surface area contributed by atoms with Gasteiger partial charge in [-0.3, -0.25) is 9.59 Å². The lowest BCUT2D eigenvalue weighted by Gasteiger charge is -2.17. The Kier molecular flexibility index (Phi) is 7.68. The standard InChI is InChI=1S/C25H26N2O4S/c1-16-7-9-18(10-8-16)17(2)26-25(29)21(15-20-6-5-13-32-20)27-24(28)19-11-12-22(30-3)23(14-19)31-4/h5-15,17H,1-4H3,(H,26,29)(H,27,28)/b21-15-. The minimum absolute atomic E-state index is 0.159. The van der Waals surface area contributed by atoms with Gasteiger partial charge in [0.1, 0.15) is 5.70 Å². The van der Waals surface area contributed by atoms with Gasteiger partial charge in [0.2, 0.25) is 0 Å². The summed E-state index contributed by atoms with van der Waals surface area (Å²) in [6.45, 7) is 3.92. The van der Waals surface area contributed by atoms with Crippen molar-refractivity contribution in [1.29, 1.82) is 0 Å². The zero-order valence-corrected chi connectivity index (χ0v) is 19.3. The van der Waals surface area contributed by atoms with Gasteiger partial charge in [0, 0.05) is 10.4 Å². The Labute approximate surface area is 191 Å². The number of hydrogen-bond donors (Lipinski definition) is 2. The van der Waals surface area contributed by atoms with Crippen molar-refractivity contribution in [2.75, 3.05) is 14.2 Å². The normalized spacial score (nSPS) is 12.1. The molecule has 1 heterocycles. The summed E-state index contributed by atoms with van der Waals surface area (Å²) in [6.07, 6.45) is 1.67. The number of amides is 2. The lowest BCUT2D eigenvalue weighted by molar-refractivity contribution is -0.118. The van der Waals surface area contributed by atoms with Crippen LogP contribution < -0.4 is 20.1 Å². The summed E-state index contributed by atoms with van der Waals surface area (Å²) in [5.74, 6) is 0.150. The van der Waals surface area contributed by atoms with Crippen molar-refractivity contribution in [2.24, 2.45) is 0 Å². The van der Waals surface area contributed by atoms with E-state index < -0.39 is 5.91 Å². The van der Waals surface area contributed by atoms with E-state index in [9.17, 15) is 9.59 Å². The maximum absolute atomic E-state index is 13.1. The fraction of sp³-hybridized carbons (Fsp3) is 0.200. The summed E-state index contributed by atoms with van der Waals surface area (Å²) < 4.78 is 10.5. The molecule has 0 aliphatic heterocycles. The van der Waals surface area contributed by atoms with Crippen LogP contribution in [0.5, 0.6) is 11.5 Å². The number of carbonyl (C=O) groups is 2. The molecule has 0 bridgehead atoms. The Balaban J connectivity index is 1.82. The zero-order valence-electron chi connectivity index (χ0n) is 18.5. The van der Waals surface area contributed by atoms with E-state index in [0.29, 0.717) is 17.1 Å². The number of aryl methyl sites for hydroxylation is 1. The van der Waals surface area contributed by atoms with Gasteiger partial charge in [0.25, 0.3) is 11.8 Å². The third-order valence-corrected chi connectivity index (χ3v) is 5.71. The number of thiophene rings is 1. The first-order valence-corrected chi connectivity index (χ1v) is 10.9. The van der Waals surface area contributed by atoms with Gasteiger partial charge < -0.3 is 20.1 Å². The molecule has 3 rings (SSSR count). The zero-order chi connectivity index (χ0) is 23.1. The third-order valence-electron chi connectivity index (χ3n) is 4.89. The van der Waals surface area contributed by atoms with Crippen LogP contribution in [0.4, 0.5) is 0 Å². The molecule has 0 saturated carbocycles. The summed E-state index contributed by atoms with van der Waals surface area (Å²) in [7, 11) is 3.03. The van der Waals surface area contributed by atoms with Crippen LogP contribution in [0.1, 0.15) is 39.3 Å². The highest BCUT2D eigenvalue weighted by atomic mass is 32.1. The SMILES string of the molecule is COc1ccc(C(=O)N/C(=C\c2cccs2)C(=O)NC(C)c2ccc(C)cc2)cc1OC. The van der Waals surface area contributed by atoms with Gasteiger partial charge in [0.05, 0.1) is 20.3 Å². The lowest BCUT2D eigenvalue weighted by atomic mass is 10.1. The predicted molar refractivity (Wildman–Crippen MR) is 127 cm³/mol. The number of hydrogen-bond acceptors (Lipinski definition) is 5. The van der Waals surface area contributed by atoms with E-state index in [1.807, 2.05) is 55.6 Å². The molecule has 0 aliphatic carbocycles. The third kappa shape index (κ3) is 5.76. The molecule has 2 N–H and O–H groups in total. The van der Waals surface area contributed by atoms with Crippen LogP contribution in [-0.2, 0) is 4.79 Å². The van der Waals surface area contributed by atoms with E-state index in [1.165, 1.54) is 25.6 Å². The molecular formula is C25H26N2O4S. The Bertz CT molecular complexity index is 1110. The molecule has 1 aromatic heterocycles. The number of rotatable bonds is 8. The van der Waals surface area contributed by atoms with Crippen LogP contribution in [0, 0.1) is 6.92 Å². The molecule has 1 unspecified atom stereocenters. The lowest BCUT2D eigenvalue weighted by Crippen LogP contribution is -2.36. The second-order valence-electron chi connectivity index (χ2n) is 7.20. The Morgan fingerprint density at radius 3 is 2.34 bits per heavy atom. The Morgan fingerprint density at radius 1 is 1.00 bits per heavy atom.